The van der Waals surface area contributed by atoms with E-state index in [0.717, 1.165) is 18.1 Å². The molecule has 176 valence electrons. The second-order valence-corrected chi connectivity index (χ2v) is 9.13. The molecular formula is C24H25F3N2O3S. The van der Waals surface area contributed by atoms with Crippen molar-refractivity contribution in [1.29, 1.82) is 0 Å². The van der Waals surface area contributed by atoms with E-state index in [1.807, 2.05) is 13.8 Å². The van der Waals surface area contributed by atoms with Gasteiger partial charge in [0.15, 0.2) is 0 Å². The average Bonchev–Trinajstić information content (AvgIpc) is 3.09. The molecular weight excluding hydrogens is 453 g/mol. The van der Waals surface area contributed by atoms with Crippen LogP contribution in [0.25, 0.3) is 0 Å². The van der Waals surface area contributed by atoms with Crippen molar-refractivity contribution < 1.29 is 27.2 Å². The zero-order chi connectivity index (χ0) is 24.2. The summed E-state index contributed by atoms with van der Waals surface area (Å²) >= 11 is 1.37. The van der Waals surface area contributed by atoms with Crippen molar-refractivity contribution in [3.63, 3.8) is 0 Å². The number of anilines is 1. The van der Waals surface area contributed by atoms with Crippen LogP contribution in [-0.4, -0.2) is 16.3 Å². The molecule has 1 amide bonds. The number of carbonyl (C=O) groups is 1. The van der Waals surface area contributed by atoms with Crippen LogP contribution < -0.4 is 10.1 Å². The number of alkyl halides is 3. The van der Waals surface area contributed by atoms with Gasteiger partial charge in [0.2, 0.25) is 0 Å². The highest BCUT2D eigenvalue weighted by Crippen LogP contribution is 2.38. The second-order valence-electron chi connectivity index (χ2n) is 7.62. The van der Waals surface area contributed by atoms with Crippen LogP contribution in [0, 0.1) is 13.8 Å². The molecule has 0 aliphatic heterocycles. The van der Waals surface area contributed by atoms with Crippen molar-refractivity contribution in [2.45, 2.75) is 57.0 Å². The fourth-order valence-electron chi connectivity index (χ4n) is 3.04. The maximum Gasteiger partial charge on any atom is 0.418 e. The predicted molar refractivity (Wildman–Crippen MR) is 122 cm³/mol. The lowest BCUT2D eigenvalue weighted by molar-refractivity contribution is -0.137. The van der Waals surface area contributed by atoms with Crippen LogP contribution in [0.15, 0.2) is 51.9 Å². The highest BCUT2D eigenvalue weighted by molar-refractivity contribution is 7.99. The van der Waals surface area contributed by atoms with Gasteiger partial charge in [0.05, 0.1) is 22.5 Å². The molecule has 0 radical (unpaired) electrons. The third-order valence-electron chi connectivity index (χ3n) is 5.12. The van der Waals surface area contributed by atoms with Crippen LogP contribution in [0.2, 0.25) is 0 Å². The molecule has 0 aliphatic rings. The average molecular weight is 479 g/mol. The van der Waals surface area contributed by atoms with E-state index in [1.165, 1.54) is 30.0 Å². The van der Waals surface area contributed by atoms with Crippen LogP contribution in [-0.2, 0) is 12.8 Å². The first-order valence-electron chi connectivity index (χ1n) is 10.4. The molecule has 2 aromatic carbocycles. The zero-order valence-electron chi connectivity index (χ0n) is 18.7. The van der Waals surface area contributed by atoms with E-state index in [9.17, 15) is 18.0 Å². The number of benzene rings is 2. The number of nitrogens with one attached hydrogen (secondary N) is 1. The van der Waals surface area contributed by atoms with Crippen molar-refractivity contribution in [3.05, 3.63) is 70.6 Å². The van der Waals surface area contributed by atoms with Gasteiger partial charge in [-0.1, -0.05) is 25.1 Å². The number of hydrogen-bond acceptors (Lipinski definition) is 5. The van der Waals surface area contributed by atoms with Gasteiger partial charge in [0, 0.05) is 15.7 Å². The summed E-state index contributed by atoms with van der Waals surface area (Å²) in [5.74, 6) is 0.376. The van der Waals surface area contributed by atoms with Crippen molar-refractivity contribution in [2.24, 2.45) is 0 Å². The minimum atomic E-state index is -4.60. The Labute approximate surface area is 194 Å². The van der Waals surface area contributed by atoms with E-state index in [2.05, 4.69) is 10.5 Å². The van der Waals surface area contributed by atoms with Gasteiger partial charge in [0.25, 0.3) is 5.91 Å². The fraction of sp³-hybridized carbons (Fsp3) is 0.333. The summed E-state index contributed by atoms with van der Waals surface area (Å²) in [4.78, 5) is 13.2. The summed E-state index contributed by atoms with van der Waals surface area (Å²) < 4.78 is 51.8. The van der Waals surface area contributed by atoms with Crippen molar-refractivity contribution in [1.82, 2.24) is 5.16 Å². The van der Waals surface area contributed by atoms with E-state index in [1.54, 1.807) is 32.0 Å². The Hall–Kier alpha value is -2.94. The quantitative estimate of drug-likeness (QED) is 0.352. The number of rotatable bonds is 8. The number of halogens is 3. The summed E-state index contributed by atoms with van der Waals surface area (Å²) in [5.41, 5.74) is 0.515. The minimum absolute atomic E-state index is 0.178. The summed E-state index contributed by atoms with van der Waals surface area (Å²) in [6.45, 7) is 7.69. The minimum Gasteiger partial charge on any atom is -0.489 e. The predicted octanol–water partition coefficient (Wildman–Crippen LogP) is 7.03. The lowest BCUT2D eigenvalue weighted by Crippen LogP contribution is -2.17. The molecule has 5 nitrogen and oxygen atoms in total. The van der Waals surface area contributed by atoms with E-state index >= 15 is 0 Å². The first-order chi connectivity index (χ1) is 15.6. The molecule has 1 aromatic heterocycles. The Morgan fingerprint density at radius 3 is 2.61 bits per heavy atom. The van der Waals surface area contributed by atoms with Crippen LogP contribution in [0.3, 0.4) is 0 Å². The first kappa shape index (κ1) is 24.7. The van der Waals surface area contributed by atoms with E-state index < -0.39 is 17.6 Å². The lowest BCUT2D eigenvalue weighted by atomic mass is 10.1. The zero-order valence-corrected chi connectivity index (χ0v) is 19.6. The summed E-state index contributed by atoms with van der Waals surface area (Å²) in [5, 5.41) is 6.44. The third-order valence-corrected chi connectivity index (χ3v) is 6.38. The molecule has 1 heterocycles. The molecule has 0 saturated heterocycles. The Kier molecular flexibility index (Phi) is 7.73. The van der Waals surface area contributed by atoms with Crippen molar-refractivity contribution >= 4 is 23.4 Å². The number of amides is 1. The highest BCUT2D eigenvalue weighted by Gasteiger charge is 2.34. The molecule has 3 aromatic rings. The second kappa shape index (κ2) is 10.3. The Morgan fingerprint density at radius 1 is 1.21 bits per heavy atom. The Morgan fingerprint density at radius 2 is 1.97 bits per heavy atom. The number of aromatic nitrogens is 1. The maximum atomic E-state index is 13.7. The third kappa shape index (κ3) is 6.31. The first-order valence-corrected chi connectivity index (χ1v) is 11.3. The largest absolute Gasteiger partial charge is 0.489 e. The molecule has 33 heavy (non-hydrogen) atoms. The normalized spacial score (nSPS) is 12.5. The highest BCUT2D eigenvalue weighted by atomic mass is 32.2. The van der Waals surface area contributed by atoms with E-state index in [-0.39, 0.29) is 23.1 Å². The van der Waals surface area contributed by atoms with Gasteiger partial charge in [0.1, 0.15) is 18.1 Å². The van der Waals surface area contributed by atoms with Gasteiger partial charge in [-0.25, -0.2) is 0 Å². The summed E-state index contributed by atoms with van der Waals surface area (Å²) in [6, 6.07) is 10.2. The number of thioether (sulfide) groups is 1. The van der Waals surface area contributed by atoms with Crippen LogP contribution in [0.5, 0.6) is 5.75 Å². The van der Waals surface area contributed by atoms with Crippen LogP contribution >= 0.6 is 11.8 Å². The maximum absolute atomic E-state index is 13.7. The van der Waals surface area contributed by atoms with Crippen molar-refractivity contribution in [2.75, 3.05) is 5.32 Å². The van der Waals surface area contributed by atoms with Gasteiger partial charge in [-0.05, 0) is 56.7 Å². The molecule has 1 atom stereocenters. The lowest BCUT2D eigenvalue weighted by Gasteiger charge is -2.16. The summed E-state index contributed by atoms with van der Waals surface area (Å²) in [6.07, 6.45) is -3.77. The van der Waals surface area contributed by atoms with Gasteiger partial charge >= 0.3 is 6.18 Å². The SMILES string of the molecule is CCC(C)Sc1ccc(NC(=O)c2cccc(OCc3c(C)noc3C)c2)c(C(F)(F)F)c1. The molecule has 0 aliphatic carbocycles. The molecule has 3 rings (SSSR count). The number of aryl methyl sites for hydroxylation is 2. The summed E-state index contributed by atoms with van der Waals surface area (Å²) in [7, 11) is 0. The molecule has 9 heteroatoms. The van der Waals surface area contributed by atoms with E-state index in [4.69, 9.17) is 9.26 Å². The Balaban J connectivity index is 1.77. The standard InChI is InChI=1S/C24H25F3N2O3S/c1-5-14(2)33-19-9-10-22(21(12-19)24(25,26)27)28-23(30)17-7-6-8-18(11-17)31-13-20-15(3)29-32-16(20)4/h6-12,14H,5,13H2,1-4H3,(H,28,30). The van der Waals surface area contributed by atoms with Crippen LogP contribution in [0.1, 0.15) is 53.2 Å². The van der Waals surface area contributed by atoms with Crippen molar-refractivity contribution in [3.8, 4) is 5.75 Å². The van der Waals surface area contributed by atoms with Gasteiger partial charge in [-0.2, -0.15) is 13.2 Å². The van der Waals surface area contributed by atoms with Gasteiger partial charge < -0.3 is 14.6 Å². The smallest absolute Gasteiger partial charge is 0.418 e. The van der Waals surface area contributed by atoms with Crippen LogP contribution in [0.4, 0.5) is 18.9 Å². The monoisotopic (exact) mass is 478 g/mol. The number of nitrogens with zero attached hydrogens (tertiary/aromatic N) is 1. The number of carbonyl (C=O) groups excluding carboxylic acids is 1. The van der Waals surface area contributed by atoms with Gasteiger partial charge in [-0.15, -0.1) is 11.8 Å². The molecule has 0 bridgehead atoms. The fourth-order valence-corrected chi connectivity index (χ4v) is 4.00. The molecule has 1 unspecified atom stereocenters. The Bertz CT molecular complexity index is 1110. The number of hydrogen-bond donors (Lipinski definition) is 1. The molecule has 1 N–H and O–H groups in total. The molecule has 0 fully saturated rings. The topological polar surface area (TPSA) is 64.4 Å². The van der Waals surface area contributed by atoms with Gasteiger partial charge in [-0.3, -0.25) is 4.79 Å². The number of ether oxygens (including phenoxy) is 1. The molecule has 0 saturated carbocycles. The molecule has 0 spiro atoms. The van der Waals surface area contributed by atoms with E-state index in [0.29, 0.717) is 22.1 Å².